The molecule has 1 saturated heterocycles. The Morgan fingerprint density at radius 2 is 1.52 bits per heavy atom. The minimum atomic E-state index is -1.08. The van der Waals surface area contributed by atoms with Crippen molar-refractivity contribution in [2.24, 2.45) is 40.2 Å². The summed E-state index contributed by atoms with van der Waals surface area (Å²) in [4.78, 5) is 67.8. The number of ketones is 1. The van der Waals surface area contributed by atoms with E-state index in [9.17, 15) is 24.0 Å². The van der Waals surface area contributed by atoms with Crippen LogP contribution in [0.2, 0.25) is 0 Å². The Morgan fingerprint density at radius 3 is 2.07 bits per heavy atom. The van der Waals surface area contributed by atoms with E-state index in [1.165, 1.54) is 0 Å². The maximum Gasteiger partial charge on any atom is 0.408 e. The summed E-state index contributed by atoms with van der Waals surface area (Å²) < 4.78 is 12.1. The number of hydrogen-bond donors (Lipinski definition) is 3. The molecule has 4 fully saturated rings. The number of piperidine rings is 1. The number of Topliss-reactive ketones (excluding diaryl/α,β-unsaturated/α-hetero) is 1. The zero-order valence-corrected chi connectivity index (χ0v) is 29.5. The summed E-state index contributed by atoms with van der Waals surface area (Å²) in [5.74, 6) is -2.47. The lowest BCUT2D eigenvalue weighted by atomic mass is 9.79. The lowest BCUT2D eigenvalue weighted by Crippen LogP contribution is -2.60. The van der Waals surface area contributed by atoms with Gasteiger partial charge in [0.2, 0.25) is 17.6 Å². The van der Waals surface area contributed by atoms with Gasteiger partial charge in [0.15, 0.2) is 0 Å². The van der Waals surface area contributed by atoms with Crippen molar-refractivity contribution in [1.82, 2.24) is 15.5 Å². The third-order valence-electron chi connectivity index (χ3n) is 11.5. The van der Waals surface area contributed by atoms with Crippen LogP contribution in [0.4, 0.5) is 4.79 Å². The minimum Gasteiger partial charge on any atom is -0.441 e. The van der Waals surface area contributed by atoms with Crippen LogP contribution in [0, 0.1) is 34.5 Å². The summed E-state index contributed by atoms with van der Waals surface area (Å²) in [6, 6.07) is -2.69. The van der Waals surface area contributed by atoms with Crippen LogP contribution in [-0.2, 0) is 28.7 Å². The van der Waals surface area contributed by atoms with E-state index in [1.807, 2.05) is 13.8 Å². The Labute approximate surface area is 274 Å². The molecule has 4 N–H and O–H groups in total. The molecular weight excluding hydrogens is 588 g/mol. The van der Waals surface area contributed by atoms with Crippen LogP contribution in [0.3, 0.4) is 0 Å². The standard InChI is InChI=1S/C35H58N4O7/c1-32(2,3)35(8,9)45-19-33(4,5)46-31(44)38-25(21-13-11-10-12-14-21)30(43)39-18-22-24(34(22,6)7)26(39)29(42)37-23(17-20-15-16-20)27(40)28(36)41/h20-26H,10-19H2,1-9H3,(H2,36,41)(H,37,42)(H,38,44)/t22-,23?,24-,25-,26-/m0/s1. The number of nitrogens with one attached hydrogen (secondary N) is 2. The van der Waals surface area contributed by atoms with Crippen LogP contribution in [0.15, 0.2) is 0 Å². The summed E-state index contributed by atoms with van der Waals surface area (Å²) in [6.07, 6.45) is 6.06. The number of nitrogens with zero attached hydrogens (tertiary/aromatic N) is 1. The third kappa shape index (κ3) is 8.05. The van der Waals surface area contributed by atoms with Crippen molar-refractivity contribution >= 4 is 29.6 Å². The van der Waals surface area contributed by atoms with Gasteiger partial charge in [0.05, 0.1) is 18.2 Å². The molecule has 260 valence electrons. The van der Waals surface area contributed by atoms with Crippen LogP contribution < -0.4 is 16.4 Å². The first kappa shape index (κ1) is 36.2. The van der Waals surface area contributed by atoms with Crippen molar-refractivity contribution in [3.8, 4) is 0 Å². The lowest BCUT2D eigenvalue weighted by molar-refractivity contribution is -0.145. The topological polar surface area (TPSA) is 157 Å². The van der Waals surface area contributed by atoms with E-state index >= 15 is 0 Å². The molecule has 4 amide bonds. The van der Waals surface area contributed by atoms with Gasteiger partial charge in [-0.2, -0.15) is 0 Å². The van der Waals surface area contributed by atoms with Gasteiger partial charge < -0.3 is 30.7 Å². The molecule has 4 rings (SSSR count). The summed E-state index contributed by atoms with van der Waals surface area (Å²) in [7, 11) is 0. The molecular formula is C35H58N4O7. The largest absolute Gasteiger partial charge is 0.441 e. The smallest absolute Gasteiger partial charge is 0.408 e. The van der Waals surface area contributed by atoms with Crippen molar-refractivity contribution < 1.29 is 33.4 Å². The fourth-order valence-electron chi connectivity index (χ4n) is 7.20. The van der Waals surface area contributed by atoms with Gasteiger partial charge in [-0.1, -0.05) is 66.7 Å². The Hall–Kier alpha value is -2.69. The highest BCUT2D eigenvalue weighted by Gasteiger charge is 2.69. The predicted octanol–water partition coefficient (Wildman–Crippen LogP) is 4.10. The molecule has 4 aliphatic rings. The first-order valence-corrected chi connectivity index (χ1v) is 17.2. The molecule has 46 heavy (non-hydrogen) atoms. The van der Waals surface area contributed by atoms with Gasteiger partial charge >= 0.3 is 6.09 Å². The van der Waals surface area contributed by atoms with Gasteiger partial charge in [0.1, 0.15) is 17.7 Å². The van der Waals surface area contributed by atoms with Gasteiger partial charge in [-0.3, -0.25) is 19.2 Å². The second-order valence-corrected chi connectivity index (χ2v) is 17.1. The first-order chi connectivity index (χ1) is 21.2. The van der Waals surface area contributed by atoms with E-state index in [0.717, 1.165) is 44.9 Å². The molecule has 11 nitrogen and oxygen atoms in total. The molecule has 1 unspecified atom stereocenters. The van der Waals surface area contributed by atoms with E-state index in [2.05, 4.69) is 45.3 Å². The van der Waals surface area contributed by atoms with Crippen LogP contribution in [0.1, 0.15) is 114 Å². The number of rotatable bonds is 13. The van der Waals surface area contributed by atoms with Gasteiger partial charge in [0, 0.05) is 6.54 Å². The number of fused-ring (bicyclic) bond motifs is 1. The average Bonchev–Trinajstić information content (AvgIpc) is 3.81. The highest BCUT2D eigenvalue weighted by atomic mass is 16.6. The first-order valence-electron chi connectivity index (χ1n) is 17.2. The van der Waals surface area contributed by atoms with Crippen molar-refractivity contribution in [1.29, 1.82) is 0 Å². The Morgan fingerprint density at radius 1 is 0.913 bits per heavy atom. The number of hydrogen-bond acceptors (Lipinski definition) is 7. The molecule has 3 aliphatic carbocycles. The zero-order valence-electron chi connectivity index (χ0n) is 29.5. The normalized spacial score (nSPS) is 26.0. The van der Waals surface area contributed by atoms with Crippen molar-refractivity contribution in [2.75, 3.05) is 13.2 Å². The van der Waals surface area contributed by atoms with E-state index in [0.29, 0.717) is 13.0 Å². The summed E-state index contributed by atoms with van der Waals surface area (Å²) in [5.41, 5.74) is 3.60. The molecule has 11 heteroatoms. The summed E-state index contributed by atoms with van der Waals surface area (Å²) >= 11 is 0. The number of carbonyl (C=O) groups is 5. The van der Waals surface area contributed by atoms with Gasteiger partial charge in [-0.25, -0.2) is 4.79 Å². The quantitative estimate of drug-likeness (QED) is 0.254. The third-order valence-corrected chi connectivity index (χ3v) is 11.5. The lowest BCUT2D eigenvalue weighted by Gasteiger charge is -2.41. The van der Waals surface area contributed by atoms with Crippen molar-refractivity contribution in [3.63, 3.8) is 0 Å². The number of carbonyl (C=O) groups excluding carboxylic acids is 5. The number of amides is 4. The van der Waals surface area contributed by atoms with Gasteiger partial charge in [0.25, 0.3) is 5.91 Å². The van der Waals surface area contributed by atoms with Crippen LogP contribution in [0.25, 0.3) is 0 Å². The minimum absolute atomic E-state index is 0.0945. The van der Waals surface area contributed by atoms with E-state index in [1.54, 1.807) is 18.7 Å². The van der Waals surface area contributed by atoms with E-state index < -0.39 is 53.0 Å². The summed E-state index contributed by atoms with van der Waals surface area (Å²) in [6.45, 7) is 18.6. The molecule has 0 bridgehead atoms. The molecule has 0 spiro atoms. The van der Waals surface area contributed by atoms with Crippen LogP contribution in [0.5, 0.6) is 0 Å². The Bertz CT molecular complexity index is 1200. The van der Waals surface area contributed by atoms with Crippen LogP contribution in [-0.4, -0.2) is 77.0 Å². The number of nitrogens with two attached hydrogens (primary N) is 1. The molecule has 3 saturated carbocycles. The SMILES string of the molecule is CC(C)(COC(C)(C)C(C)(C)C)OC(=O)N[C@H](C(=O)N1C[C@H]2[C@@H]([C@H]1C(=O)NC(CC1CC1)C(=O)C(N)=O)C2(C)C)C1CCCCC1. The maximum atomic E-state index is 14.4. The van der Waals surface area contributed by atoms with Gasteiger partial charge in [-0.05, 0) is 81.5 Å². The van der Waals surface area contributed by atoms with Gasteiger partial charge in [-0.15, -0.1) is 0 Å². The fourth-order valence-corrected chi connectivity index (χ4v) is 7.20. The molecule has 0 aromatic carbocycles. The van der Waals surface area contributed by atoms with Crippen molar-refractivity contribution in [2.45, 2.75) is 143 Å². The Balaban J connectivity index is 1.51. The Kier molecular flexibility index (Phi) is 10.3. The fraction of sp³-hybridized carbons (Fsp3) is 0.857. The molecule has 1 aliphatic heterocycles. The number of alkyl carbamates (subject to hydrolysis) is 1. The van der Waals surface area contributed by atoms with E-state index in [4.69, 9.17) is 15.2 Å². The summed E-state index contributed by atoms with van der Waals surface area (Å²) in [5, 5.41) is 5.72. The molecule has 0 radical (unpaired) electrons. The second kappa shape index (κ2) is 13.1. The maximum absolute atomic E-state index is 14.4. The predicted molar refractivity (Wildman–Crippen MR) is 173 cm³/mol. The van der Waals surface area contributed by atoms with Crippen molar-refractivity contribution in [3.05, 3.63) is 0 Å². The highest BCUT2D eigenvalue weighted by Crippen LogP contribution is 2.65. The van der Waals surface area contributed by atoms with E-state index in [-0.39, 0.29) is 47.0 Å². The average molecular weight is 647 g/mol. The highest BCUT2D eigenvalue weighted by molar-refractivity contribution is 6.37. The molecule has 0 aromatic heterocycles. The zero-order chi connectivity index (χ0) is 34.4. The van der Waals surface area contributed by atoms with Crippen LogP contribution >= 0.6 is 0 Å². The monoisotopic (exact) mass is 646 g/mol. The molecule has 5 atom stereocenters. The number of ether oxygens (including phenoxy) is 2. The molecule has 0 aromatic rings. The molecule has 1 heterocycles. The number of likely N-dealkylation sites (tertiary alicyclic amines) is 1. The number of primary amides is 1. The second-order valence-electron chi connectivity index (χ2n) is 17.1.